The van der Waals surface area contributed by atoms with Crippen LogP contribution in [0.2, 0.25) is 0 Å². The van der Waals surface area contributed by atoms with Crippen LogP contribution in [0.3, 0.4) is 0 Å². The van der Waals surface area contributed by atoms with E-state index in [2.05, 4.69) is 4.72 Å². The summed E-state index contributed by atoms with van der Waals surface area (Å²) in [4.78, 5) is 15.4. The minimum absolute atomic E-state index is 0.0659. The number of anilines is 2. The van der Waals surface area contributed by atoms with Gasteiger partial charge in [-0.15, -0.1) is 11.8 Å². The fourth-order valence-electron chi connectivity index (χ4n) is 3.75. The molecule has 2 aliphatic rings. The predicted molar refractivity (Wildman–Crippen MR) is 105 cm³/mol. The quantitative estimate of drug-likeness (QED) is 0.813. The van der Waals surface area contributed by atoms with Gasteiger partial charge < -0.3 is 4.90 Å². The summed E-state index contributed by atoms with van der Waals surface area (Å²) >= 11 is 1.49. The first kappa shape index (κ1) is 17.4. The van der Waals surface area contributed by atoms with E-state index in [1.54, 1.807) is 18.2 Å². The van der Waals surface area contributed by atoms with Gasteiger partial charge in [-0.05, 0) is 61.4 Å². The summed E-state index contributed by atoms with van der Waals surface area (Å²) in [7, 11) is -3.73. The lowest BCUT2D eigenvalue weighted by atomic mass is 9.97. The molecule has 2 aromatic carbocycles. The van der Waals surface area contributed by atoms with E-state index >= 15 is 0 Å². The molecule has 0 spiro atoms. The van der Waals surface area contributed by atoms with E-state index in [4.69, 9.17) is 0 Å². The molecule has 0 radical (unpaired) electrons. The van der Waals surface area contributed by atoms with Crippen molar-refractivity contribution in [3.05, 3.63) is 47.5 Å². The van der Waals surface area contributed by atoms with E-state index in [0.717, 1.165) is 34.6 Å². The number of nitrogens with zero attached hydrogens (tertiary/aromatic N) is 1. The molecule has 0 fully saturated rings. The van der Waals surface area contributed by atoms with Crippen molar-refractivity contribution in [1.82, 2.24) is 0 Å². The SMILES string of the molecule is CSc1ccccc1NS(=O)(=O)c1cc2c3c(c1)[C@@H](C)C(=O)N3CCC2. The summed E-state index contributed by atoms with van der Waals surface area (Å²) in [5, 5.41) is 0. The van der Waals surface area contributed by atoms with Crippen LogP contribution in [0.25, 0.3) is 0 Å². The number of hydrogen-bond acceptors (Lipinski definition) is 4. The van der Waals surface area contributed by atoms with Crippen LogP contribution in [0, 0.1) is 0 Å². The Balaban J connectivity index is 1.78. The average Bonchev–Trinajstić information content (AvgIpc) is 2.88. The van der Waals surface area contributed by atoms with E-state index in [0.29, 0.717) is 12.2 Å². The Morgan fingerprint density at radius 1 is 1.23 bits per heavy atom. The van der Waals surface area contributed by atoms with Crippen LogP contribution < -0.4 is 9.62 Å². The van der Waals surface area contributed by atoms with Crippen molar-refractivity contribution in [3.63, 3.8) is 0 Å². The fraction of sp³-hybridized carbons (Fsp3) is 0.316. The zero-order valence-electron chi connectivity index (χ0n) is 14.7. The summed E-state index contributed by atoms with van der Waals surface area (Å²) in [5.74, 6) is -0.230. The molecule has 1 N–H and O–H groups in total. The number of benzene rings is 2. The first-order chi connectivity index (χ1) is 12.4. The van der Waals surface area contributed by atoms with Crippen molar-refractivity contribution in [2.45, 2.75) is 35.5 Å². The smallest absolute Gasteiger partial charge is 0.261 e. The number of carbonyl (C=O) groups is 1. The highest BCUT2D eigenvalue weighted by Gasteiger charge is 2.38. The molecule has 2 aliphatic heterocycles. The predicted octanol–water partition coefficient (Wildman–Crippen LogP) is 3.61. The Morgan fingerprint density at radius 2 is 2.00 bits per heavy atom. The first-order valence-electron chi connectivity index (χ1n) is 8.56. The van der Waals surface area contributed by atoms with Gasteiger partial charge in [0.05, 0.1) is 22.2 Å². The molecule has 7 heteroatoms. The molecule has 1 amide bonds. The van der Waals surface area contributed by atoms with Crippen molar-refractivity contribution in [3.8, 4) is 0 Å². The number of carbonyl (C=O) groups excluding carboxylic acids is 1. The highest BCUT2D eigenvalue weighted by Crippen LogP contribution is 2.44. The third-order valence-corrected chi connectivity index (χ3v) is 7.19. The average molecular weight is 389 g/mol. The third kappa shape index (κ3) is 2.70. The van der Waals surface area contributed by atoms with Gasteiger partial charge in [-0.1, -0.05) is 12.1 Å². The number of rotatable bonds is 4. The number of amides is 1. The molecule has 2 aromatic rings. The molecule has 4 rings (SSSR count). The largest absolute Gasteiger partial charge is 0.311 e. The van der Waals surface area contributed by atoms with Crippen LogP contribution in [-0.4, -0.2) is 27.1 Å². The standard InChI is InChI=1S/C19H20N2O3S2/c1-12-15-11-14(10-13-6-5-9-21(18(13)15)19(12)22)26(23,24)20-16-7-3-4-8-17(16)25-2/h3-4,7-8,10-12,20H,5-6,9H2,1-2H3/t12-/m1/s1. The number of hydrogen-bond donors (Lipinski definition) is 1. The first-order valence-corrected chi connectivity index (χ1v) is 11.3. The second-order valence-corrected chi connectivity index (χ2v) is 9.17. The molecule has 26 heavy (non-hydrogen) atoms. The Hall–Kier alpha value is -1.99. The number of nitrogens with one attached hydrogen (secondary N) is 1. The molecular formula is C19H20N2O3S2. The molecule has 2 heterocycles. The fourth-order valence-corrected chi connectivity index (χ4v) is 5.54. The normalized spacial score (nSPS) is 18.8. The lowest BCUT2D eigenvalue weighted by Gasteiger charge is -2.26. The molecule has 0 saturated heterocycles. The number of para-hydroxylation sites is 1. The zero-order valence-corrected chi connectivity index (χ0v) is 16.3. The summed E-state index contributed by atoms with van der Waals surface area (Å²) in [6, 6.07) is 10.7. The van der Waals surface area contributed by atoms with E-state index in [-0.39, 0.29) is 16.7 Å². The summed E-state index contributed by atoms with van der Waals surface area (Å²) in [6.07, 6.45) is 3.56. The van der Waals surface area contributed by atoms with Gasteiger partial charge >= 0.3 is 0 Å². The number of aryl methyl sites for hydroxylation is 1. The van der Waals surface area contributed by atoms with Gasteiger partial charge in [-0.2, -0.15) is 0 Å². The molecule has 136 valence electrons. The van der Waals surface area contributed by atoms with Crippen molar-refractivity contribution >= 4 is 39.1 Å². The monoisotopic (exact) mass is 388 g/mol. The summed E-state index contributed by atoms with van der Waals surface area (Å²) < 4.78 is 28.7. The zero-order chi connectivity index (χ0) is 18.5. The highest BCUT2D eigenvalue weighted by molar-refractivity contribution is 7.99. The topological polar surface area (TPSA) is 66.5 Å². The van der Waals surface area contributed by atoms with Crippen LogP contribution in [0.5, 0.6) is 0 Å². The molecule has 5 nitrogen and oxygen atoms in total. The van der Waals surface area contributed by atoms with E-state index in [9.17, 15) is 13.2 Å². The van der Waals surface area contributed by atoms with Crippen molar-refractivity contribution in [1.29, 1.82) is 0 Å². The summed E-state index contributed by atoms with van der Waals surface area (Å²) in [5.41, 5.74) is 3.27. The minimum atomic E-state index is -3.73. The van der Waals surface area contributed by atoms with Gasteiger partial charge in [0, 0.05) is 11.4 Å². The van der Waals surface area contributed by atoms with Crippen LogP contribution in [0.4, 0.5) is 11.4 Å². The Labute approximate surface area is 157 Å². The maximum Gasteiger partial charge on any atom is 0.261 e. The maximum absolute atomic E-state index is 13.0. The summed E-state index contributed by atoms with van der Waals surface area (Å²) in [6.45, 7) is 2.57. The van der Waals surface area contributed by atoms with Gasteiger partial charge in [-0.25, -0.2) is 8.42 Å². The second kappa shape index (κ2) is 6.32. The molecule has 0 bridgehead atoms. The number of thioether (sulfide) groups is 1. The Kier molecular flexibility index (Phi) is 4.23. The van der Waals surface area contributed by atoms with Crippen LogP contribution in [0.1, 0.15) is 30.4 Å². The van der Waals surface area contributed by atoms with E-state index in [1.165, 1.54) is 11.8 Å². The molecule has 0 aliphatic carbocycles. The van der Waals surface area contributed by atoms with Crippen molar-refractivity contribution in [2.24, 2.45) is 0 Å². The van der Waals surface area contributed by atoms with E-state index in [1.807, 2.05) is 36.3 Å². The van der Waals surface area contributed by atoms with Crippen molar-refractivity contribution in [2.75, 3.05) is 22.4 Å². The van der Waals surface area contributed by atoms with Gasteiger partial charge in [0.15, 0.2) is 0 Å². The van der Waals surface area contributed by atoms with Crippen molar-refractivity contribution < 1.29 is 13.2 Å². The maximum atomic E-state index is 13.0. The van der Waals surface area contributed by atoms with Crippen LogP contribution in [0.15, 0.2) is 46.2 Å². The lowest BCUT2D eigenvalue weighted by Crippen LogP contribution is -2.32. The molecular weight excluding hydrogens is 368 g/mol. The van der Waals surface area contributed by atoms with Gasteiger partial charge in [0.25, 0.3) is 10.0 Å². The van der Waals surface area contributed by atoms with Gasteiger partial charge in [-0.3, -0.25) is 9.52 Å². The minimum Gasteiger partial charge on any atom is -0.311 e. The third-order valence-electron chi connectivity index (χ3n) is 5.05. The van der Waals surface area contributed by atoms with E-state index < -0.39 is 10.0 Å². The molecule has 0 saturated carbocycles. The Bertz CT molecular complexity index is 1000. The van der Waals surface area contributed by atoms with Crippen LogP contribution in [-0.2, 0) is 21.2 Å². The molecule has 0 unspecified atom stereocenters. The Morgan fingerprint density at radius 3 is 2.77 bits per heavy atom. The molecule has 1 atom stereocenters. The lowest BCUT2D eigenvalue weighted by molar-refractivity contribution is -0.119. The second-order valence-electron chi connectivity index (χ2n) is 6.64. The van der Waals surface area contributed by atoms with Crippen LogP contribution >= 0.6 is 11.8 Å². The highest BCUT2D eigenvalue weighted by atomic mass is 32.2. The molecule has 0 aromatic heterocycles. The van der Waals surface area contributed by atoms with Gasteiger partial charge in [0.2, 0.25) is 5.91 Å². The van der Waals surface area contributed by atoms with Gasteiger partial charge in [0.1, 0.15) is 0 Å². The number of sulfonamides is 1.